The molecule has 5 fully saturated rings. The number of nitrogens with two attached hydrogens (primary N) is 2. The lowest BCUT2D eigenvalue weighted by Gasteiger charge is -2.53. The number of amides is 1. The highest BCUT2D eigenvalue weighted by molar-refractivity contribution is 5.82. The number of primary amides is 1. The number of aliphatic hydroxyl groups excluding tert-OH is 4. The minimum atomic E-state index is -2.80. The van der Waals surface area contributed by atoms with Crippen LogP contribution < -0.4 is 21.3 Å². The SMILES string of the molecule is CC(CC=CC1CCCCC1)C(C[NH2+]C([O-])C1(O)C(OC2CCC3C(C2)[OH+]C(C(N)=O)C(C2CCC(O)CC2)C3O)OC(C(=O)[O-])C(O)C1O)CC1=C[CH+]N=C1. The van der Waals surface area contributed by atoms with Crippen LogP contribution in [0.2, 0.25) is 0 Å². The Bertz CT molecular complexity index is 1420. The van der Waals surface area contributed by atoms with Gasteiger partial charge in [0.1, 0.15) is 30.4 Å². The molecule has 1 amide bonds. The summed E-state index contributed by atoms with van der Waals surface area (Å²) in [6.07, 6.45) is 4.82. The maximum Gasteiger partial charge on any atom is 0.297 e. The Labute approximate surface area is 329 Å². The van der Waals surface area contributed by atoms with E-state index < -0.39 is 84.7 Å². The molecular formula is C41H64N3O12+. The van der Waals surface area contributed by atoms with E-state index in [-0.39, 0.29) is 36.6 Å². The number of hydrogen-bond acceptors (Lipinski definition) is 12. The van der Waals surface area contributed by atoms with Gasteiger partial charge in [0.05, 0.1) is 55.0 Å². The van der Waals surface area contributed by atoms with Crippen LogP contribution in [0.4, 0.5) is 0 Å². The number of quaternary nitrogens is 1. The number of carboxylic acids is 1. The molecule has 3 heterocycles. The zero-order valence-corrected chi connectivity index (χ0v) is 32.5. The van der Waals surface area contributed by atoms with Gasteiger partial charge in [0.2, 0.25) is 6.10 Å². The maximum absolute atomic E-state index is 14.2. The summed E-state index contributed by atoms with van der Waals surface area (Å²) in [6.45, 7) is 4.06. The third-order valence-electron chi connectivity index (χ3n) is 13.8. The first-order valence-corrected chi connectivity index (χ1v) is 20.9. The van der Waals surface area contributed by atoms with Crippen molar-refractivity contribution in [2.45, 2.75) is 164 Å². The first kappa shape index (κ1) is 43.1. The fourth-order valence-corrected chi connectivity index (χ4v) is 10.4. The number of aliphatic imine (C=N–C) groups is 1. The molecule has 56 heavy (non-hydrogen) atoms. The van der Waals surface area contributed by atoms with Gasteiger partial charge in [-0.05, 0) is 75.5 Å². The fourth-order valence-electron chi connectivity index (χ4n) is 10.4. The number of rotatable bonds is 15. The predicted octanol–water partition coefficient (Wildman–Crippen LogP) is -2.02. The van der Waals surface area contributed by atoms with Crippen LogP contribution in [0.1, 0.15) is 96.8 Å². The largest absolute Gasteiger partial charge is 0.804 e. The van der Waals surface area contributed by atoms with Crippen LogP contribution in [-0.2, 0) is 19.1 Å². The molecule has 14 atom stereocenters. The number of allylic oxidation sites excluding steroid dienone is 3. The van der Waals surface area contributed by atoms with Crippen molar-refractivity contribution in [2.75, 3.05) is 6.54 Å². The molecule has 0 spiro atoms. The van der Waals surface area contributed by atoms with Crippen LogP contribution in [0.25, 0.3) is 0 Å². The standard InChI is InChI=1S/C41H63N3O12/c1-22(6-5-9-23-7-3-2-4-8-23)26(18-24-16-17-43-20-24)21-44-39(52)41(53)36(48)33(47)35(38(50)51)56-40(41)54-28-14-15-29-30(19-28)55-34(37(42)49)31(32(29)46)25-10-12-27(45)13-11-25/h5,9,16-17,20,22-23,25-36,39-40,44-48,53H,2-4,6-8,10-15,18-19,21H2,1H3,(H2,42,49)(H,50,51)/p+1. The number of aliphatic carboxylic acids is 1. The molecule has 15 nitrogen and oxygen atoms in total. The molecule has 0 aromatic carbocycles. The molecule has 0 radical (unpaired) electrons. The van der Waals surface area contributed by atoms with Gasteiger partial charge in [0.15, 0.2) is 24.2 Å². The Morgan fingerprint density at radius 1 is 1.11 bits per heavy atom. The molecule has 15 heteroatoms. The molecule has 0 aromatic heterocycles. The van der Waals surface area contributed by atoms with E-state index in [0.717, 1.165) is 12.0 Å². The average molecular weight is 791 g/mol. The van der Waals surface area contributed by atoms with Crippen LogP contribution in [0.5, 0.6) is 0 Å². The van der Waals surface area contributed by atoms with Crippen LogP contribution in [0, 0.1) is 42.1 Å². The molecular weight excluding hydrogens is 726 g/mol. The Kier molecular flexibility index (Phi) is 14.7. The molecule has 3 saturated carbocycles. The minimum absolute atomic E-state index is 0.0307. The number of carboxylic acid groups (broad SMARTS) is 1. The summed E-state index contributed by atoms with van der Waals surface area (Å²) in [4.78, 5) is 28.9. The second kappa shape index (κ2) is 19.1. The van der Waals surface area contributed by atoms with Gasteiger partial charge in [-0.3, -0.25) is 4.79 Å². The summed E-state index contributed by atoms with van der Waals surface area (Å²) >= 11 is 0. The summed E-state index contributed by atoms with van der Waals surface area (Å²) in [6, 6.07) is 0. The zero-order valence-electron chi connectivity index (χ0n) is 32.5. The number of fused-ring (bicyclic) bond motifs is 1. The van der Waals surface area contributed by atoms with Crippen molar-refractivity contribution in [3.05, 3.63) is 30.3 Å². The van der Waals surface area contributed by atoms with Gasteiger partial charge >= 0.3 is 0 Å². The molecule has 6 rings (SSSR count). The number of carbonyl (C=O) groups is 2. The van der Waals surface area contributed by atoms with Crippen LogP contribution in [0.15, 0.2) is 28.8 Å². The Morgan fingerprint density at radius 3 is 2.50 bits per heavy atom. The first-order chi connectivity index (χ1) is 26.8. The van der Waals surface area contributed by atoms with Crippen LogP contribution >= 0.6 is 0 Å². The van der Waals surface area contributed by atoms with E-state index in [9.17, 15) is 45.3 Å². The van der Waals surface area contributed by atoms with Crippen molar-refractivity contribution in [3.8, 4) is 0 Å². The van der Waals surface area contributed by atoms with Gasteiger partial charge in [0.25, 0.3) is 5.91 Å². The van der Waals surface area contributed by atoms with Crippen LogP contribution in [0.3, 0.4) is 0 Å². The van der Waals surface area contributed by atoms with Crippen molar-refractivity contribution in [2.24, 2.45) is 46.2 Å². The highest BCUT2D eigenvalue weighted by Gasteiger charge is 2.61. The van der Waals surface area contributed by atoms with Gasteiger partial charge in [-0.1, -0.05) is 38.3 Å². The quantitative estimate of drug-likeness (QED) is 0.0412. The van der Waals surface area contributed by atoms with E-state index in [2.05, 4.69) is 24.1 Å². The molecule has 0 bridgehead atoms. The van der Waals surface area contributed by atoms with Gasteiger partial charge in [-0.15, -0.1) is 4.99 Å². The van der Waals surface area contributed by atoms with E-state index >= 15 is 0 Å². The van der Waals surface area contributed by atoms with E-state index in [0.29, 0.717) is 50.9 Å². The number of ether oxygens (including phenoxy) is 3. The molecule has 14 unspecified atom stereocenters. The lowest BCUT2D eigenvalue weighted by molar-refractivity contribution is -0.837. The second-order valence-corrected chi connectivity index (χ2v) is 17.5. The third kappa shape index (κ3) is 9.70. The van der Waals surface area contributed by atoms with Crippen molar-refractivity contribution in [3.63, 3.8) is 0 Å². The monoisotopic (exact) mass is 790 g/mol. The topological polar surface area (TPSA) is 268 Å². The van der Waals surface area contributed by atoms with Crippen molar-refractivity contribution < 1.29 is 64.9 Å². The highest BCUT2D eigenvalue weighted by atomic mass is 16.7. The molecule has 2 saturated heterocycles. The van der Waals surface area contributed by atoms with E-state index in [1.807, 2.05) is 6.08 Å². The lowest BCUT2D eigenvalue weighted by atomic mass is 9.66. The highest BCUT2D eigenvalue weighted by Crippen LogP contribution is 2.45. The number of nitrogens with zero attached hydrogens (tertiary/aromatic N) is 1. The lowest BCUT2D eigenvalue weighted by Crippen LogP contribution is -3.02. The summed E-state index contributed by atoms with van der Waals surface area (Å²) < 4.78 is 16.6. The Hall–Kier alpha value is -2.44. The first-order valence-electron chi connectivity index (χ1n) is 20.9. The van der Waals surface area contributed by atoms with Crippen molar-refractivity contribution >= 4 is 18.1 Å². The normalized spacial score (nSPS) is 41.0. The van der Waals surface area contributed by atoms with Gasteiger partial charge in [-0.25, -0.2) is 0 Å². The molecule has 3 aliphatic heterocycles. The minimum Gasteiger partial charge on any atom is -0.804 e. The fraction of sp³-hybridized carbons (Fsp3) is 0.805. The van der Waals surface area contributed by atoms with Gasteiger partial charge < -0.3 is 65.8 Å². The summed E-state index contributed by atoms with van der Waals surface area (Å²) in [7, 11) is 0. The van der Waals surface area contributed by atoms with Gasteiger partial charge in [-0.2, -0.15) is 0 Å². The maximum atomic E-state index is 14.2. The summed E-state index contributed by atoms with van der Waals surface area (Å²) in [5.74, 6) is -2.70. The molecule has 3 aliphatic carbocycles. The van der Waals surface area contributed by atoms with Crippen molar-refractivity contribution in [1.29, 1.82) is 0 Å². The van der Waals surface area contributed by atoms with Crippen LogP contribution in [-0.4, -0.2) is 122 Å². The Morgan fingerprint density at radius 2 is 1.84 bits per heavy atom. The smallest absolute Gasteiger partial charge is 0.297 e. The second-order valence-electron chi connectivity index (χ2n) is 17.5. The summed E-state index contributed by atoms with van der Waals surface area (Å²) in [5.41, 5.74) is 4.03. The molecule has 314 valence electrons. The van der Waals surface area contributed by atoms with E-state index in [1.165, 1.54) is 37.4 Å². The summed E-state index contributed by atoms with van der Waals surface area (Å²) in [5, 5.41) is 83.4. The third-order valence-corrected chi connectivity index (χ3v) is 13.8. The molecule has 6 aliphatic rings. The van der Waals surface area contributed by atoms with E-state index in [1.54, 1.807) is 12.8 Å². The molecule has 10 N–H and O–H groups in total. The Balaban J connectivity index is 1.15. The van der Waals surface area contributed by atoms with E-state index in [4.69, 9.17) is 19.9 Å². The predicted molar refractivity (Wildman–Crippen MR) is 198 cm³/mol. The van der Waals surface area contributed by atoms with Crippen molar-refractivity contribution in [1.82, 2.24) is 0 Å². The zero-order chi connectivity index (χ0) is 40.1. The molecule has 0 aromatic rings. The number of aliphatic hydroxyl groups is 7. The number of carbonyl (C=O) groups excluding carboxylic acids is 2. The average Bonchev–Trinajstić information content (AvgIpc) is 3.70. The number of hydrogen-bond donors (Lipinski definition) is 7. The van der Waals surface area contributed by atoms with Gasteiger partial charge in [0, 0.05) is 18.8 Å².